The smallest absolute Gasteiger partial charge is 0.230 e. The van der Waals surface area contributed by atoms with Gasteiger partial charge in [-0.3, -0.25) is 4.79 Å². The highest BCUT2D eigenvalue weighted by Crippen LogP contribution is 2.48. The molecule has 0 bridgehead atoms. The predicted molar refractivity (Wildman–Crippen MR) is 79.0 cm³/mol. The molecule has 0 spiro atoms. The van der Waals surface area contributed by atoms with Crippen molar-refractivity contribution in [1.29, 1.82) is 0 Å². The van der Waals surface area contributed by atoms with Gasteiger partial charge in [-0.15, -0.1) is 0 Å². The lowest BCUT2D eigenvalue weighted by Crippen LogP contribution is -2.40. The van der Waals surface area contributed by atoms with E-state index in [1.807, 2.05) is 18.2 Å². The van der Waals surface area contributed by atoms with Crippen LogP contribution < -0.4 is 5.32 Å². The van der Waals surface area contributed by atoms with Crippen molar-refractivity contribution in [2.45, 2.75) is 57.9 Å². The molecular weight excluding hydrogens is 234 g/mol. The monoisotopic (exact) mass is 259 g/mol. The van der Waals surface area contributed by atoms with Crippen LogP contribution in [0.15, 0.2) is 30.3 Å². The van der Waals surface area contributed by atoms with Crippen LogP contribution in [-0.2, 0) is 10.2 Å². The van der Waals surface area contributed by atoms with Crippen molar-refractivity contribution in [1.82, 2.24) is 5.32 Å². The largest absolute Gasteiger partial charge is 0.353 e. The van der Waals surface area contributed by atoms with Gasteiger partial charge >= 0.3 is 0 Å². The number of hydrogen-bond acceptors (Lipinski definition) is 1. The molecule has 1 fully saturated rings. The van der Waals surface area contributed by atoms with Crippen molar-refractivity contribution >= 4 is 5.91 Å². The molecule has 1 saturated carbocycles. The first-order chi connectivity index (χ1) is 9.04. The minimum Gasteiger partial charge on any atom is -0.353 e. The Morgan fingerprint density at radius 3 is 2.32 bits per heavy atom. The maximum Gasteiger partial charge on any atom is 0.230 e. The minimum absolute atomic E-state index is 0.218. The minimum atomic E-state index is -0.229. The summed E-state index contributed by atoms with van der Waals surface area (Å²) >= 11 is 0. The van der Waals surface area contributed by atoms with E-state index in [9.17, 15) is 4.79 Å². The number of carbonyl (C=O) groups is 1. The van der Waals surface area contributed by atoms with Crippen molar-refractivity contribution in [3.63, 3.8) is 0 Å². The molecule has 0 saturated heterocycles. The van der Waals surface area contributed by atoms with Crippen molar-refractivity contribution in [3.8, 4) is 0 Å². The molecular formula is C17H25NO. The first-order valence-corrected chi connectivity index (χ1v) is 7.41. The van der Waals surface area contributed by atoms with Crippen molar-refractivity contribution in [2.75, 3.05) is 0 Å². The average Bonchev–Trinajstić information content (AvgIpc) is 3.19. The van der Waals surface area contributed by atoms with Gasteiger partial charge in [0.25, 0.3) is 0 Å². The molecule has 1 N–H and O–H groups in total. The Morgan fingerprint density at radius 1 is 1.16 bits per heavy atom. The van der Waals surface area contributed by atoms with Crippen LogP contribution in [0.3, 0.4) is 0 Å². The molecule has 1 amide bonds. The summed E-state index contributed by atoms with van der Waals surface area (Å²) in [5.74, 6) is 0.915. The Kier molecular flexibility index (Phi) is 4.28. The van der Waals surface area contributed by atoms with Gasteiger partial charge in [0.15, 0.2) is 0 Å². The van der Waals surface area contributed by atoms with Crippen LogP contribution >= 0.6 is 0 Å². The molecule has 0 heterocycles. The molecule has 104 valence electrons. The molecule has 1 unspecified atom stereocenters. The third kappa shape index (κ3) is 3.37. The summed E-state index contributed by atoms with van der Waals surface area (Å²) in [6.45, 7) is 6.56. The van der Waals surface area contributed by atoms with Gasteiger partial charge in [-0.25, -0.2) is 0 Å². The maximum absolute atomic E-state index is 12.5. The number of hydrogen-bond donors (Lipinski definition) is 1. The first kappa shape index (κ1) is 14.1. The zero-order valence-electron chi connectivity index (χ0n) is 12.3. The number of rotatable bonds is 6. The highest BCUT2D eigenvalue weighted by atomic mass is 16.2. The number of carbonyl (C=O) groups excluding carboxylic acids is 1. The molecule has 1 aromatic carbocycles. The molecule has 1 aliphatic carbocycles. The summed E-state index contributed by atoms with van der Waals surface area (Å²) in [5.41, 5.74) is 0.941. The van der Waals surface area contributed by atoms with Crippen LogP contribution in [0.1, 0.15) is 52.0 Å². The first-order valence-electron chi connectivity index (χ1n) is 7.41. The van der Waals surface area contributed by atoms with Gasteiger partial charge in [0, 0.05) is 6.04 Å². The van der Waals surface area contributed by atoms with Crippen LogP contribution in [-0.4, -0.2) is 11.9 Å². The lowest BCUT2D eigenvalue weighted by molar-refractivity contribution is -0.124. The van der Waals surface area contributed by atoms with E-state index in [-0.39, 0.29) is 17.4 Å². The summed E-state index contributed by atoms with van der Waals surface area (Å²) in [7, 11) is 0. The molecule has 19 heavy (non-hydrogen) atoms. The third-order valence-electron chi connectivity index (χ3n) is 4.07. The highest BCUT2D eigenvalue weighted by molar-refractivity contribution is 5.91. The Labute approximate surface area is 116 Å². The lowest BCUT2D eigenvalue weighted by atomic mass is 9.94. The lowest BCUT2D eigenvalue weighted by Gasteiger charge is -2.20. The summed E-state index contributed by atoms with van der Waals surface area (Å²) in [6.07, 6.45) is 4.20. The standard InChI is InChI=1S/C17H25NO/c1-13(2)9-10-14(3)18-16(19)17(11-12-17)15-7-5-4-6-8-15/h4-8,13-14H,9-12H2,1-3H3,(H,18,19). The molecule has 0 aliphatic heterocycles. The topological polar surface area (TPSA) is 29.1 Å². The van der Waals surface area contributed by atoms with E-state index >= 15 is 0 Å². The Balaban J connectivity index is 1.93. The van der Waals surface area contributed by atoms with Gasteiger partial charge in [-0.2, -0.15) is 0 Å². The van der Waals surface area contributed by atoms with Gasteiger partial charge in [0.2, 0.25) is 5.91 Å². The normalized spacial score (nSPS) is 18.1. The maximum atomic E-state index is 12.5. The fourth-order valence-electron chi connectivity index (χ4n) is 2.55. The summed E-state index contributed by atoms with van der Waals surface area (Å²) in [4.78, 5) is 12.5. The number of nitrogens with one attached hydrogen (secondary N) is 1. The van der Waals surface area contributed by atoms with E-state index in [0.717, 1.165) is 19.3 Å². The van der Waals surface area contributed by atoms with Gasteiger partial charge in [-0.1, -0.05) is 44.2 Å². The second kappa shape index (κ2) is 5.77. The second-order valence-electron chi connectivity index (χ2n) is 6.29. The molecule has 0 aromatic heterocycles. The van der Waals surface area contributed by atoms with Crippen molar-refractivity contribution < 1.29 is 4.79 Å². The van der Waals surface area contributed by atoms with E-state index in [1.165, 1.54) is 12.0 Å². The second-order valence-corrected chi connectivity index (χ2v) is 6.29. The molecule has 2 nitrogen and oxygen atoms in total. The predicted octanol–water partition coefficient (Wildman–Crippen LogP) is 3.66. The molecule has 1 aromatic rings. The van der Waals surface area contributed by atoms with E-state index in [4.69, 9.17) is 0 Å². The molecule has 1 aliphatic rings. The van der Waals surface area contributed by atoms with Crippen LogP contribution in [0.4, 0.5) is 0 Å². The Hall–Kier alpha value is -1.31. The fraction of sp³-hybridized carbons (Fsp3) is 0.588. The summed E-state index contributed by atoms with van der Waals surface area (Å²) < 4.78 is 0. The van der Waals surface area contributed by atoms with Crippen LogP contribution in [0, 0.1) is 5.92 Å². The molecule has 1 atom stereocenters. The Morgan fingerprint density at radius 2 is 1.79 bits per heavy atom. The highest BCUT2D eigenvalue weighted by Gasteiger charge is 2.51. The van der Waals surface area contributed by atoms with Crippen LogP contribution in [0.5, 0.6) is 0 Å². The molecule has 2 heteroatoms. The van der Waals surface area contributed by atoms with Gasteiger partial charge in [-0.05, 0) is 44.1 Å². The van der Waals surface area contributed by atoms with Gasteiger partial charge in [0.05, 0.1) is 5.41 Å². The Bertz CT molecular complexity index is 420. The van der Waals surface area contributed by atoms with E-state index in [2.05, 4.69) is 38.2 Å². The van der Waals surface area contributed by atoms with Crippen molar-refractivity contribution in [2.24, 2.45) is 5.92 Å². The van der Waals surface area contributed by atoms with E-state index < -0.39 is 0 Å². The molecule has 2 rings (SSSR count). The van der Waals surface area contributed by atoms with Gasteiger partial charge in [0.1, 0.15) is 0 Å². The van der Waals surface area contributed by atoms with Crippen LogP contribution in [0.2, 0.25) is 0 Å². The average molecular weight is 259 g/mol. The van der Waals surface area contributed by atoms with Crippen LogP contribution in [0.25, 0.3) is 0 Å². The van der Waals surface area contributed by atoms with E-state index in [1.54, 1.807) is 0 Å². The quantitative estimate of drug-likeness (QED) is 0.830. The zero-order valence-corrected chi connectivity index (χ0v) is 12.3. The summed E-state index contributed by atoms with van der Waals surface area (Å²) in [6, 6.07) is 10.5. The zero-order chi connectivity index (χ0) is 13.9. The molecule has 0 radical (unpaired) electrons. The summed E-state index contributed by atoms with van der Waals surface area (Å²) in [5, 5.41) is 3.20. The number of amides is 1. The third-order valence-corrected chi connectivity index (χ3v) is 4.07. The fourth-order valence-corrected chi connectivity index (χ4v) is 2.55. The van der Waals surface area contributed by atoms with Gasteiger partial charge < -0.3 is 5.32 Å². The van der Waals surface area contributed by atoms with Crippen molar-refractivity contribution in [3.05, 3.63) is 35.9 Å². The SMILES string of the molecule is CC(C)CCC(C)NC(=O)C1(c2ccccc2)CC1. The van der Waals surface area contributed by atoms with E-state index in [0.29, 0.717) is 5.92 Å². The number of benzene rings is 1.